The zero-order chi connectivity index (χ0) is 14.8. The van der Waals surface area contributed by atoms with Crippen LogP contribution in [0.3, 0.4) is 0 Å². The van der Waals surface area contributed by atoms with Gasteiger partial charge in [-0.15, -0.1) is 0 Å². The number of thioether (sulfide) groups is 1. The zero-order valence-electron chi connectivity index (χ0n) is 12.5. The fraction of sp³-hybridized carbons (Fsp3) is 0.588. The average Bonchev–Trinajstić information content (AvgIpc) is 2.48. The maximum atomic E-state index is 11.2. The number of aliphatic carboxylic acids is 1. The molecule has 0 bridgehead atoms. The molecule has 1 N–H and O–H groups in total. The number of hydrogen-bond donors (Lipinski definition) is 1. The van der Waals surface area contributed by atoms with Crippen molar-refractivity contribution in [2.75, 3.05) is 18.1 Å². The first kappa shape index (κ1) is 14.9. The lowest BCUT2D eigenvalue weighted by Gasteiger charge is -2.44. The Kier molecular flexibility index (Phi) is 4.55. The number of fused-ring (bicyclic) bond motifs is 1. The molecule has 1 aromatic carbocycles. The smallest absolute Gasteiger partial charge is 0.304 e. The van der Waals surface area contributed by atoms with Crippen LogP contribution < -0.4 is 0 Å². The number of hydrogen-bond acceptors (Lipinski definition) is 3. The first-order valence-electron chi connectivity index (χ1n) is 7.81. The van der Waals surface area contributed by atoms with Gasteiger partial charge in [0.05, 0.1) is 6.42 Å². The molecule has 0 amide bonds. The van der Waals surface area contributed by atoms with Crippen LogP contribution in [0.2, 0.25) is 0 Å². The number of carboxylic acid groups (broad SMARTS) is 1. The monoisotopic (exact) mass is 305 g/mol. The topological polar surface area (TPSA) is 40.5 Å². The molecule has 114 valence electrons. The Hall–Kier alpha value is -1.00. The summed E-state index contributed by atoms with van der Waals surface area (Å²) in [5.74, 6) is 2.00. The highest BCUT2D eigenvalue weighted by molar-refractivity contribution is 7.99. The highest BCUT2D eigenvalue weighted by Crippen LogP contribution is 2.42. The normalized spacial score (nSPS) is 29.9. The van der Waals surface area contributed by atoms with Crippen LogP contribution >= 0.6 is 11.8 Å². The van der Waals surface area contributed by atoms with E-state index in [9.17, 15) is 9.90 Å². The molecule has 1 heterocycles. The predicted molar refractivity (Wildman–Crippen MR) is 86.9 cm³/mol. The third-order valence-electron chi connectivity index (χ3n) is 4.84. The van der Waals surface area contributed by atoms with Gasteiger partial charge in [-0.1, -0.05) is 31.2 Å². The number of carboxylic acids is 1. The summed E-state index contributed by atoms with van der Waals surface area (Å²) in [5.41, 5.74) is 2.89. The summed E-state index contributed by atoms with van der Waals surface area (Å²) in [7, 11) is 0. The van der Waals surface area contributed by atoms with E-state index < -0.39 is 5.97 Å². The van der Waals surface area contributed by atoms with E-state index in [4.69, 9.17) is 0 Å². The number of nitrogens with zero attached hydrogens (tertiary/aromatic N) is 1. The van der Waals surface area contributed by atoms with Crippen LogP contribution in [0.1, 0.15) is 49.3 Å². The standard InChI is InChI=1S/C17H23NO2S/c1-12-6-7-16(15-5-3-2-4-14(12)15)18-8-9-21-11-13(18)10-17(19)20/h2-5,12-13,16H,6-11H2,1H3,(H,19,20). The Labute approximate surface area is 130 Å². The van der Waals surface area contributed by atoms with Gasteiger partial charge in [0, 0.05) is 30.1 Å². The first-order chi connectivity index (χ1) is 10.2. The molecule has 1 saturated heterocycles. The third-order valence-corrected chi connectivity index (χ3v) is 5.93. The molecule has 1 aliphatic carbocycles. The maximum absolute atomic E-state index is 11.2. The molecule has 3 rings (SSSR count). The molecule has 0 saturated carbocycles. The minimum atomic E-state index is -0.676. The van der Waals surface area contributed by atoms with Gasteiger partial charge < -0.3 is 5.11 Å². The number of carbonyl (C=O) groups is 1. The van der Waals surface area contributed by atoms with Gasteiger partial charge in [0.25, 0.3) is 0 Å². The Bertz CT molecular complexity index is 519. The fourth-order valence-corrected chi connectivity index (χ4v) is 4.87. The van der Waals surface area contributed by atoms with Crippen molar-refractivity contribution in [2.24, 2.45) is 0 Å². The average molecular weight is 305 g/mol. The van der Waals surface area contributed by atoms with E-state index in [1.54, 1.807) is 0 Å². The summed E-state index contributed by atoms with van der Waals surface area (Å²) >= 11 is 1.89. The quantitative estimate of drug-likeness (QED) is 0.927. The SMILES string of the molecule is CC1CCC(N2CCSCC2CC(=O)O)c2ccccc21. The molecule has 4 heteroatoms. The molecule has 3 nitrogen and oxygen atoms in total. The lowest BCUT2D eigenvalue weighted by Crippen LogP contribution is -2.46. The van der Waals surface area contributed by atoms with E-state index in [0.29, 0.717) is 12.0 Å². The molecule has 3 unspecified atom stereocenters. The Morgan fingerprint density at radius 3 is 2.86 bits per heavy atom. The van der Waals surface area contributed by atoms with Gasteiger partial charge in [-0.3, -0.25) is 9.69 Å². The van der Waals surface area contributed by atoms with Crippen molar-refractivity contribution in [3.05, 3.63) is 35.4 Å². The first-order valence-corrected chi connectivity index (χ1v) is 8.96. The van der Waals surface area contributed by atoms with Crippen LogP contribution in [-0.4, -0.2) is 40.1 Å². The van der Waals surface area contributed by atoms with Crippen LogP contribution in [0.4, 0.5) is 0 Å². The lowest BCUT2D eigenvalue weighted by molar-refractivity contribution is -0.138. The summed E-state index contributed by atoms with van der Waals surface area (Å²) in [6.45, 7) is 3.31. The van der Waals surface area contributed by atoms with Crippen molar-refractivity contribution in [2.45, 2.75) is 44.2 Å². The fourth-order valence-electron chi connectivity index (χ4n) is 3.78. The number of rotatable bonds is 3. The van der Waals surface area contributed by atoms with Crippen molar-refractivity contribution >= 4 is 17.7 Å². The van der Waals surface area contributed by atoms with Crippen LogP contribution in [0.25, 0.3) is 0 Å². The predicted octanol–water partition coefficient (Wildman–Crippen LogP) is 3.52. The number of benzene rings is 1. The highest BCUT2D eigenvalue weighted by atomic mass is 32.2. The van der Waals surface area contributed by atoms with Gasteiger partial charge in [0.2, 0.25) is 0 Å². The van der Waals surface area contributed by atoms with Gasteiger partial charge in [-0.05, 0) is 29.9 Å². The van der Waals surface area contributed by atoms with Gasteiger partial charge in [0.15, 0.2) is 0 Å². The van der Waals surface area contributed by atoms with E-state index in [1.807, 2.05) is 11.8 Å². The van der Waals surface area contributed by atoms with Crippen LogP contribution in [-0.2, 0) is 4.79 Å². The second-order valence-corrected chi connectivity index (χ2v) is 7.34. The van der Waals surface area contributed by atoms with Gasteiger partial charge in [0.1, 0.15) is 0 Å². The molecule has 1 fully saturated rings. The molecule has 1 aromatic rings. The summed E-state index contributed by atoms with van der Waals surface area (Å²) < 4.78 is 0. The molecule has 21 heavy (non-hydrogen) atoms. The summed E-state index contributed by atoms with van der Waals surface area (Å²) in [5, 5.41) is 9.18. The molecular weight excluding hydrogens is 282 g/mol. The van der Waals surface area contributed by atoms with Crippen molar-refractivity contribution < 1.29 is 9.90 Å². The largest absolute Gasteiger partial charge is 0.481 e. The van der Waals surface area contributed by atoms with Crippen LogP contribution in [0.15, 0.2) is 24.3 Å². The second kappa shape index (κ2) is 6.41. The third kappa shape index (κ3) is 3.11. The molecule has 1 aliphatic heterocycles. The molecule has 0 aromatic heterocycles. The van der Waals surface area contributed by atoms with Crippen molar-refractivity contribution in [1.82, 2.24) is 4.90 Å². The minimum absolute atomic E-state index is 0.174. The van der Waals surface area contributed by atoms with Gasteiger partial charge >= 0.3 is 5.97 Å². The lowest BCUT2D eigenvalue weighted by atomic mass is 9.80. The molecule has 2 aliphatic rings. The Morgan fingerprint density at radius 1 is 1.33 bits per heavy atom. The van der Waals surface area contributed by atoms with Crippen molar-refractivity contribution in [3.8, 4) is 0 Å². The summed E-state index contributed by atoms with van der Waals surface area (Å²) in [6.07, 6.45) is 2.62. The molecule has 0 spiro atoms. The van der Waals surface area contributed by atoms with E-state index in [2.05, 4.69) is 36.1 Å². The Balaban J connectivity index is 1.88. The molecule has 3 atom stereocenters. The minimum Gasteiger partial charge on any atom is -0.481 e. The zero-order valence-corrected chi connectivity index (χ0v) is 13.3. The van der Waals surface area contributed by atoms with Crippen molar-refractivity contribution in [1.29, 1.82) is 0 Å². The van der Waals surface area contributed by atoms with Crippen LogP contribution in [0, 0.1) is 0 Å². The maximum Gasteiger partial charge on any atom is 0.304 e. The molecule has 0 radical (unpaired) electrons. The summed E-state index contributed by atoms with van der Waals surface area (Å²) in [4.78, 5) is 13.6. The van der Waals surface area contributed by atoms with Crippen molar-refractivity contribution in [3.63, 3.8) is 0 Å². The Morgan fingerprint density at radius 2 is 2.10 bits per heavy atom. The van der Waals surface area contributed by atoms with Crippen LogP contribution in [0.5, 0.6) is 0 Å². The highest BCUT2D eigenvalue weighted by Gasteiger charge is 2.35. The van der Waals surface area contributed by atoms with E-state index in [0.717, 1.165) is 24.5 Å². The molecular formula is C17H23NO2S. The van der Waals surface area contributed by atoms with E-state index in [1.165, 1.54) is 17.5 Å². The van der Waals surface area contributed by atoms with E-state index in [-0.39, 0.29) is 12.5 Å². The van der Waals surface area contributed by atoms with Gasteiger partial charge in [-0.25, -0.2) is 0 Å². The second-order valence-electron chi connectivity index (χ2n) is 6.19. The van der Waals surface area contributed by atoms with Gasteiger partial charge in [-0.2, -0.15) is 11.8 Å². The van der Waals surface area contributed by atoms with E-state index >= 15 is 0 Å². The summed E-state index contributed by atoms with van der Waals surface area (Å²) in [6, 6.07) is 9.31.